The first-order valence-electron chi connectivity index (χ1n) is 8.86. The van der Waals surface area contributed by atoms with Crippen molar-refractivity contribution in [1.82, 2.24) is 5.32 Å². The van der Waals surface area contributed by atoms with Crippen molar-refractivity contribution < 1.29 is 19.4 Å². The van der Waals surface area contributed by atoms with Crippen LogP contribution in [0.2, 0.25) is 0 Å². The zero-order chi connectivity index (χ0) is 18.4. The predicted octanol–water partition coefficient (Wildman–Crippen LogP) is 2.31. The first kappa shape index (κ1) is 18.6. The third-order valence-corrected chi connectivity index (χ3v) is 4.98. The fraction of sp³-hybridized carbons (Fsp3) is 0.381. The van der Waals surface area contributed by atoms with E-state index in [0.29, 0.717) is 13.2 Å². The van der Waals surface area contributed by atoms with Gasteiger partial charge in [0, 0.05) is 18.0 Å². The Labute approximate surface area is 153 Å². The largest absolute Gasteiger partial charge is 0.469 e. The summed E-state index contributed by atoms with van der Waals surface area (Å²) in [6, 6.07) is 19.3. The Kier molecular flexibility index (Phi) is 6.39. The van der Waals surface area contributed by atoms with Crippen molar-refractivity contribution in [2.45, 2.75) is 18.7 Å². The monoisotopic (exact) mass is 355 g/mol. The van der Waals surface area contributed by atoms with Gasteiger partial charge in [-0.1, -0.05) is 60.7 Å². The quantitative estimate of drug-likeness (QED) is 0.746. The third kappa shape index (κ3) is 4.12. The number of benzene rings is 2. The highest BCUT2D eigenvalue weighted by Crippen LogP contribution is 2.38. The highest BCUT2D eigenvalue weighted by molar-refractivity contribution is 5.74. The molecule has 4 unspecified atom stereocenters. The van der Waals surface area contributed by atoms with Gasteiger partial charge in [-0.15, -0.1) is 0 Å². The van der Waals surface area contributed by atoms with Gasteiger partial charge in [-0.25, -0.2) is 0 Å². The summed E-state index contributed by atoms with van der Waals surface area (Å²) in [7, 11) is 1.40. The second-order valence-electron chi connectivity index (χ2n) is 6.56. The molecule has 0 radical (unpaired) electrons. The second-order valence-corrected chi connectivity index (χ2v) is 6.56. The van der Waals surface area contributed by atoms with Crippen LogP contribution in [0.3, 0.4) is 0 Å². The van der Waals surface area contributed by atoms with Crippen LogP contribution in [0.15, 0.2) is 60.7 Å². The molecule has 2 N–H and O–H groups in total. The van der Waals surface area contributed by atoms with Crippen LogP contribution in [0.1, 0.15) is 17.2 Å². The molecule has 0 spiro atoms. The maximum atomic E-state index is 12.5. The average Bonchev–Trinajstić information content (AvgIpc) is 3.07. The van der Waals surface area contributed by atoms with Crippen molar-refractivity contribution in [2.24, 2.45) is 11.8 Å². The van der Waals surface area contributed by atoms with E-state index in [1.165, 1.54) is 7.11 Å². The van der Waals surface area contributed by atoms with Gasteiger partial charge in [0.1, 0.15) is 0 Å². The number of aliphatic hydroxyl groups excluding tert-OH is 1. The van der Waals surface area contributed by atoms with Gasteiger partial charge in [0.15, 0.2) is 0 Å². The first-order valence-corrected chi connectivity index (χ1v) is 8.86. The Morgan fingerprint density at radius 2 is 1.73 bits per heavy atom. The fourth-order valence-electron chi connectivity index (χ4n) is 3.66. The van der Waals surface area contributed by atoms with E-state index in [2.05, 4.69) is 5.32 Å². The van der Waals surface area contributed by atoms with E-state index in [4.69, 9.17) is 9.47 Å². The molecule has 4 atom stereocenters. The number of nitrogens with one attached hydrogen (secondary N) is 1. The maximum absolute atomic E-state index is 12.5. The van der Waals surface area contributed by atoms with Crippen molar-refractivity contribution in [3.8, 4) is 0 Å². The second kappa shape index (κ2) is 8.94. The number of esters is 1. The molecular formula is C21H25NO4. The molecule has 0 saturated carbocycles. The summed E-state index contributed by atoms with van der Waals surface area (Å²) in [6.07, 6.45) is 0. The molecule has 1 aliphatic rings. The summed E-state index contributed by atoms with van der Waals surface area (Å²) in [5.41, 5.74) is 2.08. The van der Waals surface area contributed by atoms with Gasteiger partial charge in [0.2, 0.25) is 0 Å². The lowest BCUT2D eigenvalue weighted by molar-refractivity contribution is -0.148. The molecule has 1 fully saturated rings. The van der Waals surface area contributed by atoms with Gasteiger partial charge in [0.25, 0.3) is 0 Å². The van der Waals surface area contributed by atoms with Gasteiger partial charge in [-0.05, 0) is 11.1 Å². The van der Waals surface area contributed by atoms with E-state index in [1.54, 1.807) is 0 Å². The first-order chi connectivity index (χ1) is 12.7. The summed E-state index contributed by atoms with van der Waals surface area (Å²) in [5, 5.41) is 13.2. The number of carbonyl (C=O) groups is 1. The molecule has 1 heterocycles. The van der Waals surface area contributed by atoms with E-state index in [9.17, 15) is 9.90 Å². The number of carbonyl (C=O) groups excluding carboxylic acids is 1. The van der Waals surface area contributed by atoms with Crippen LogP contribution in [0, 0.1) is 11.8 Å². The highest BCUT2D eigenvalue weighted by Gasteiger charge is 2.47. The minimum atomic E-state index is -0.407. The lowest BCUT2D eigenvalue weighted by atomic mass is 9.85. The molecule has 5 heteroatoms. The summed E-state index contributed by atoms with van der Waals surface area (Å²) in [4.78, 5) is 12.5. The van der Waals surface area contributed by atoms with E-state index in [1.807, 2.05) is 60.7 Å². The van der Waals surface area contributed by atoms with Crippen molar-refractivity contribution in [2.75, 3.05) is 20.3 Å². The van der Waals surface area contributed by atoms with E-state index >= 15 is 0 Å². The number of aliphatic hydroxyl groups is 1. The normalized spacial score (nSPS) is 25.2. The molecule has 0 aliphatic carbocycles. The summed E-state index contributed by atoms with van der Waals surface area (Å²) in [6.45, 7) is 0.784. The molecular weight excluding hydrogens is 330 g/mol. The SMILES string of the molecule is COC(=O)C1C(c2ccccc2)NC(CO)C1COCc1ccccc1. The van der Waals surface area contributed by atoms with Crippen LogP contribution in [0.4, 0.5) is 0 Å². The molecule has 0 bridgehead atoms. The number of hydrogen-bond donors (Lipinski definition) is 2. The smallest absolute Gasteiger partial charge is 0.311 e. The van der Waals surface area contributed by atoms with Gasteiger partial charge < -0.3 is 19.9 Å². The molecule has 3 rings (SSSR count). The molecule has 138 valence electrons. The number of rotatable bonds is 7. The molecule has 5 nitrogen and oxygen atoms in total. The van der Waals surface area contributed by atoms with Crippen LogP contribution in [0.25, 0.3) is 0 Å². The standard InChI is InChI=1S/C21H25NO4/c1-25-21(24)19-17(14-26-13-15-8-4-2-5-9-15)18(12-23)22-20(19)16-10-6-3-7-11-16/h2-11,17-20,22-23H,12-14H2,1H3. The zero-order valence-electron chi connectivity index (χ0n) is 14.9. The Morgan fingerprint density at radius 3 is 2.35 bits per heavy atom. The van der Waals surface area contributed by atoms with Crippen molar-refractivity contribution in [3.05, 3.63) is 71.8 Å². The van der Waals surface area contributed by atoms with E-state index in [-0.39, 0.29) is 30.6 Å². The summed E-state index contributed by atoms with van der Waals surface area (Å²) in [5.74, 6) is -0.854. The molecule has 0 aromatic heterocycles. The molecule has 2 aromatic carbocycles. The topological polar surface area (TPSA) is 67.8 Å². The average molecular weight is 355 g/mol. The van der Waals surface area contributed by atoms with E-state index < -0.39 is 5.92 Å². The van der Waals surface area contributed by atoms with Crippen molar-refractivity contribution >= 4 is 5.97 Å². The minimum Gasteiger partial charge on any atom is -0.469 e. The van der Waals surface area contributed by atoms with Gasteiger partial charge in [-0.2, -0.15) is 0 Å². The van der Waals surface area contributed by atoms with Crippen LogP contribution in [-0.2, 0) is 20.9 Å². The summed E-state index contributed by atoms with van der Waals surface area (Å²) < 4.78 is 10.9. The van der Waals surface area contributed by atoms with Crippen LogP contribution < -0.4 is 5.32 Å². The molecule has 26 heavy (non-hydrogen) atoms. The molecule has 0 amide bonds. The van der Waals surface area contributed by atoms with Crippen LogP contribution in [-0.4, -0.2) is 37.4 Å². The predicted molar refractivity (Wildman–Crippen MR) is 98.3 cm³/mol. The Hall–Kier alpha value is -2.21. The van der Waals surface area contributed by atoms with E-state index in [0.717, 1.165) is 11.1 Å². The third-order valence-electron chi connectivity index (χ3n) is 4.98. The zero-order valence-corrected chi connectivity index (χ0v) is 14.9. The van der Waals surface area contributed by atoms with Gasteiger partial charge in [-0.3, -0.25) is 4.79 Å². The fourth-order valence-corrected chi connectivity index (χ4v) is 3.66. The molecule has 2 aromatic rings. The molecule has 1 aliphatic heterocycles. The maximum Gasteiger partial charge on any atom is 0.311 e. The Balaban J connectivity index is 1.75. The van der Waals surface area contributed by atoms with Crippen LogP contribution >= 0.6 is 0 Å². The van der Waals surface area contributed by atoms with Crippen molar-refractivity contribution in [3.63, 3.8) is 0 Å². The lowest BCUT2D eigenvalue weighted by Crippen LogP contribution is -2.35. The van der Waals surface area contributed by atoms with Crippen LogP contribution in [0.5, 0.6) is 0 Å². The van der Waals surface area contributed by atoms with Crippen molar-refractivity contribution in [1.29, 1.82) is 0 Å². The van der Waals surface area contributed by atoms with Gasteiger partial charge >= 0.3 is 5.97 Å². The lowest BCUT2D eigenvalue weighted by Gasteiger charge is -2.23. The molecule has 1 saturated heterocycles. The van der Waals surface area contributed by atoms with Gasteiger partial charge in [0.05, 0.1) is 32.8 Å². The number of ether oxygens (including phenoxy) is 2. The highest BCUT2D eigenvalue weighted by atomic mass is 16.5. The minimum absolute atomic E-state index is 0.0593. The number of hydrogen-bond acceptors (Lipinski definition) is 5. The Bertz CT molecular complexity index is 692. The summed E-state index contributed by atoms with van der Waals surface area (Å²) >= 11 is 0. The Morgan fingerprint density at radius 1 is 1.08 bits per heavy atom. The number of methoxy groups -OCH3 is 1.